The smallest absolute Gasteiger partial charge is 0.258 e. The number of halogens is 1. The highest BCUT2D eigenvalue weighted by atomic mass is 79.9. The number of anilines is 2. The third-order valence-corrected chi connectivity index (χ3v) is 5.40. The summed E-state index contributed by atoms with van der Waals surface area (Å²) in [7, 11) is 0. The highest BCUT2D eigenvalue weighted by Gasteiger charge is 2.30. The van der Waals surface area contributed by atoms with Gasteiger partial charge in [0, 0.05) is 38.6 Å². The van der Waals surface area contributed by atoms with Crippen LogP contribution in [-0.2, 0) is 0 Å². The average molecular weight is 423 g/mol. The van der Waals surface area contributed by atoms with Gasteiger partial charge >= 0.3 is 0 Å². The van der Waals surface area contributed by atoms with Crippen molar-refractivity contribution in [1.29, 1.82) is 0 Å². The van der Waals surface area contributed by atoms with Crippen LogP contribution in [0.5, 0.6) is 0 Å². The molecule has 1 N–H and O–H groups in total. The van der Waals surface area contributed by atoms with Gasteiger partial charge in [0.05, 0.1) is 5.69 Å². The normalized spacial score (nSPS) is 12.7. The molecule has 0 atom stereocenters. The lowest BCUT2D eigenvalue weighted by Crippen LogP contribution is -2.27. The molecular formula is C22H19BrN2O2. The molecule has 2 amide bonds. The number of amides is 2. The molecule has 0 spiro atoms. The third kappa shape index (κ3) is 3.12. The van der Waals surface area contributed by atoms with Crippen LogP contribution in [0.3, 0.4) is 0 Å². The fraction of sp³-hybridized carbons (Fsp3) is 0.182. The van der Waals surface area contributed by atoms with Gasteiger partial charge in [0.15, 0.2) is 0 Å². The number of hydrogen-bond donors (Lipinski definition) is 1. The molecule has 0 saturated carbocycles. The van der Waals surface area contributed by atoms with Crippen LogP contribution in [0, 0.1) is 0 Å². The topological polar surface area (TPSA) is 49.4 Å². The van der Waals surface area contributed by atoms with Crippen molar-refractivity contribution in [2.24, 2.45) is 0 Å². The summed E-state index contributed by atoms with van der Waals surface area (Å²) in [5, 5.41) is 4.81. The number of nitrogens with zero attached hydrogens (tertiary/aromatic N) is 1. The summed E-state index contributed by atoms with van der Waals surface area (Å²) in [6.07, 6.45) is 1.99. The zero-order chi connectivity index (χ0) is 19.0. The van der Waals surface area contributed by atoms with Gasteiger partial charge in [0.1, 0.15) is 0 Å². The molecular weight excluding hydrogens is 404 g/mol. The number of benzene rings is 3. The maximum atomic E-state index is 12.8. The first-order chi connectivity index (χ1) is 13.1. The van der Waals surface area contributed by atoms with Crippen molar-refractivity contribution in [1.82, 2.24) is 0 Å². The Balaban J connectivity index is 1.72. The van der Waals surface area contributed by atoms with E-state index in [-0.39, 0.29) is 11.8 Å². The van der Waals surface area contributed by atoms with Gasteiger partial charge in [0.2, 0.25) is 0 Å². The highest BCUT2D eigenvalue weighted by molar-refractivity contribution is 9.10. The first-order valence-corrected chi connectivity index (χ1v) is 9.84. The molecule has 0 bridgehead atoms. The minimum atomic E-state index is -0.171. The second-order valence-corrected chi connectivity index (χ2v) is 7.55. The molecule has 1 aliphatic rings. The Bertz CT molecular complexity index is 1040. The van der Waals surface area contributed by atoms with Gasteiger partial charge in [0.25, 0.3) is 11.8 Å². The van der Waals surface area contributed by atoms with E-state index in [4.69, 9.17) is 0 Å². The van der Waals surface area contributed by atoms with Crippen molar-refractivity contribution < 1.29 is 9.59 Å². The van der Waals surface area contributed by atoms with Gasteiger partial charge in [-0.3, -0.25) is 9.59 Å². The zero-order valence-electron chi connectivity index (χ0n) is 15.0. The van der Waals surface area contributed by atoms with Crippen molar-refractivity contribution in [3.8, 4) is 0 Å². The average Bonchev–Trinajstić information content (AvgIpc) is 2.96. The van der Waals surface area contributed by atoms with Crippen molar-refractivity contribution in [2.45, 2.75) is 19.8 Å². The fourth-order valence-corrected chi connectivity index (χ4v) is 3.75. The van der Waals surface area contributed by atoms with Crippen LogP contribution < -0.4 is 10.2 Å². The van der Waals surface area contributed by atoms with E-state index in [2.05, 4.69) is 28.2 Å². The lowest BCUT2D eigenvalue weighted by Gasteiger charge is -2.17. The van der Waals surface area contributed by atoms with E-state index >= 15 is 0 Å². The van der Waals surface area contributed by atoms with Gasteiger partial charge in [-0.25, -0.2) is 0 Å². The second-order valence-electron chi connectivity index (χ2n) is 6.63. The van der Waals surface area contributed by atoms with Gasteiger partial charge in [-0.1, -0.05) is 41.4 Å². The van der Waals surface area contributed by atoms with Crippen molar-refractivity contribution in [3.05, 3.63) is 70.2 Å². The Morgan fingerprint density at radius 3 is 2.59 bits per heavy atom. The predicted molar refractivity (Wildman–Crippen MR) is 113 cm³/mol. The first kappa shape index (κ1) is 17.7. The van der Waals surface area contributed by atoms with E-state index in [1.165, 1.54) is 0 Å². The lowest BCUT2D eigenvalue weighted by molar-refractivity contribution is 0.0991. The molecule has 1 heterocycles. The molecule has 0 saturated heterocycles. The maximum Gasteiger partial charge on any atom is 0.258 e. The van der Waals surface area contributed by atoms with Crippen LogP contribution in [0.15, 0.2) is 59.1 Å². The second kappa shape index (κ2) is 7.16. The molecule has 0 unspecified atom stereocenters. The van der Waals surface area contributed by atoms with Crippen molar-refractivity contribution >= 4 is 49.9 Å². The Hall–Kier alpha value is -2.66. The molecule has 27 heavy (non-hydrogen) atoms. The highest BCUT2D eigenvalue weighted by Crippen LogP contribution is 2.40. The monoisotopic (exact) mass is 422 g/mol. The standard InChI is InChI=1S/C22H19BrN2O2/c1-2-3-13-25-19-12-11-18(16-5-4-6-17(20(16)19)22(25)27)24-21(26)14-7-9-15(23)10-8-14/h4-12H,2-3,13H2,1H3,(H,24,26). The summed E-state index contributed by atoms with van der Waals surface area (Å²) in [6, 6.07) is 16.7. The summed E-state index contributed by atoms with van der Waals surface area (Å²) >= 11 is 3.38. The molecule has 0 aliphatic carbocycles. The first-order valence-electron chi connectivity index (χ1n) is 9.04. The SMILES string of the molecule is CCCCN1C(=O)c2cccc3c(NC(=O)c4ccc(Br)cc4)ccc1c23. The van der Waals surface area contributed by atoms with Crippen molar-refractivity contribution in [2.75, 3.05) is 16.8 Å². The quantitative estimate of drug-likeness (QED) is 0.580. The van der Waals surface area contributed by atoms with Crippen LogP contribution in [0.1, 0.15) is 40.5 Å². The van der Waals surface area contributed by atoms with Gasteiger partial charge in [-0.05, 0) is 48.9 Å². The number of hydrogen-bond acceptors (Lipinski definition) is 2. The molecule has 0 aromatic heterocycles. The Morgan fingerprint density at radius 2 is 1.85 bits per heavy atom. The minimum Gasteiger partial charge on any atom is -0.321 e. The molecule has 4 rings (SSSR count). The van der Waals surface area contributed by atoms with E-state index in [1.807, 2.05) is 47.4 Å². The Labute approximate surface area is 166 Å². The molecule has 136 valence electrons. The lowest BCUT2D eigenvalue weighted by atomic mass is 10.0. The number of nitrogens with one attached hydrogen (secondary N) is 1. The molecule has 5 heteroatoms. The number of rotatable bonds is 5. The molecule has 3 aromatic rings. The largest absolute Gasteiger partial charge is 0.321 e. The number of carbonyl (C=O) groups is 2. The third-order valence-electron chi connectivity index (χ3n) is 4.87. The van der Waals surface area contributed by atoms with E-state index in [9.17, 15) is 9.59 Å². The summed E-state index contributed by atoms with van der Waals surface area (Å²) in [5.74, 6) is -0.129. The summed E-state index contributed by atoms with van der Waals surface area (Å²) in [4.78, 5) is 27.3. The van der Waals surface area contributed by atoms with Crippen LogP contribution in [0.2, 0.25) is 0 Å². The van der Waals surface area contributed by atoms with Crippen LogP contribution >= 0.6 is 15.9 Å². The minimum absolute atomic E-state index is 0.0421. The van der Waals surface area contributed by atoms with E-state index in [0.29, 0.717) is 23.4 Å². The van der Waals surface area contributed by atoms with Crippen LogP contribution in [0.4, 0.5) is 11.4 Å². The molecule has 1 aliphatic heterocycles. The summed E-state index contributed by atoms with van der Waals surface area (Å²) in [5.41, 5.74) is 2.94. The van der Waals surface area contributed by atoms with E-state index in [1.54, 1.807) is 12.1 Å². The Morgan fingerprint density at radius 1 is 1.07 bits per heavy atom. The van der Waals surface area contributed by atoms with Crippen molar-refractivity contribution in [3.63, 3.8) is 0 Å². The van der Waals surface area contributed by atoms with E-state index < -0.39 is 0 Å². The number of unbranched alkanes of at least 4 members (excludes halogenated alkanes) is 1. The van der Waals surface area contributed by atoms with Gasteiger partial charge in [-0.15, -0.1) is 0 Å². The summed E-state index contributed by atoms with van der Waals surface area (Å²) in [6.45, 7) is 2.83. The van der Waals surface area contributed by atoms with Gasteiger partial charge in [-0.2, -0.15) is 0 Å². The van der Waals surface area contributed by atoms with E-state index in [0.717, 1.165) is 33.8 Å². The summed E-state index contributed by atoms with van der Waals surface area (Å²) < 4.78 is 0.926. The number of carbonyl (C=O) groups excluding carboxylic acids is 2. The van der Waals surface area contributed by atoms with Gasteiger partial charge < -0.3 is 10.2 Å². The zero-order valence-corrected chi connectivity index (χ0v) is 16.5. The molecule has 0 radical (unpaired) electrons. The molecule has 0 fully saturated rings. The van der Waals surface area contributed by atoms with Crippen LogP contribution in [-0.4, -0.2) is 18.4 Å². The predicted octanol–water partition coefficient (Wildman–Crippen LogP) is 5.61. The van der Waals surface area contributed by atoms with Crippen LogP contribution in [0.25, 0.3) is 10.8 Å². The maximum absolute atomic E-state index is 12.8. The molecule has 3 aromatic carbocycles. The molecule has 4 nitrogen and oxygen atoms in total. The Kier molecular flexibility index (Phi) is 4.70. The fourth-order valence-electron chi connectivity index (χ4n) is 3.49.